The van der Waals surface area contributed by atoms with Gasteiger partial charge < -0.3 is 15.4 Å². The maximum Gasteiger partial charge on any atom is 0.291 e. The number of hydrogen-bond donors (Lipinski definition) is 2. The van der Waals surface area contributed by atoms with Crippen LogP contribution >= 0.6 is 0 Å². The Hall–Kier alpha value is -3.68. The molecule has 2 amide bonds. The first-order valence-corrected chi connectivity index (χ1v) is 9.80. The number of ether oxygens (including phenoxy) is 1. The van der Waals surface area contributed by atoms with Crippen LogP contribution in [0, 0.1) is 0 Å². The van der Waals surface area contributed by atoms with Crippen LogP contribution in [0.1, 0.15) is 47.7 Å². The molecule has 1 aliphatic rings. The summed E-state index contributed by atoms with van der Waals surface area (Å²) in [4.78, 5) is 28.6. The van der Waals surface area contributed by atoms with Gasteiger partial charge >= 0.3 is 0 Å². The fourth-order valence-corrected chi connectivity index (χ4v) is 3.20. The lowest BCUT2D eigenvalue weighted by atomic mass is 10.2. The Morgan fingerprint density at radius 2 is 1.93 bits per heavy atom. The molecule has 1 heterocycles. The second-order valence-corrected chi connectivity index (χ2v) is 7.21. The molecule has 0 atom stereocenters. The highest BCUT2D eigenvalue weighted by Crippen LogP contribution is 2.39. The number of nitrogens with one attached hydrogen (secondary N) is 2. The van der Waals surface area contributed by atoms with E-state index in [2.05, 4.69) is 20.7 Å². The minimum atomic E-state index is -0.344. The SMILES string of the molecule is COc1ccc(CNC(=O)c2nc(C3CC3)n(-c3ccccc3)n2)cc1NC(C)=O. The molecule has 1 aliphatic carbocycles. The lowest BCUT2D eigenvalue weighted by Gasteiger charge is -2.11. The number of para-hydroxylation sites is 1. The Kier molecular flexibility index (Phi) is 5.47. The molecule has 0 unspecified atom stereocenters. The van der Waals surface area contributed by atoms with Crippen LogP contribution in [0.2, 0.25) is 0 Å². The van der Waals surface area contributed by atoms with E-state index in [4.69, 9.17) is 4.74 Å². The van der Waals surface area contributed by atoms with Crippen LogP contribution in [0.4, 0.5) is 5.69 Å². The van der Waals surface area contributed by atoms with Crippen molar-refractivity contribution in [2.45, 2.75) is 32.2 Å². The second kappa shape index (κ2) is 8.36. The number of rotatable bonds is 7. The van der Waals surface area contributed by atoms with Crippen LogP contribution in [0.25, 0.3) is 5.69 Å². The van der Waals surface area contributed by atoms with Crippen LogP contribution in [0.5, 0.6) is 5.75 Å². The molecule has 30 heavy (non-hydrogen) atoms. The first-order chi connectivity index (χ1) is 14.5. The van der Waals surface area contributed by atoms with E-state index >= 15 is 0 Å². The lowest BCUT2D eigenvalue weighted by molar-refractivity contribution is -0.114. The molecular weight excluding hydrogens is 382 g/mol. The summed E-state index contributed by atoms with van der Waals surface area (Å²) in [6.45, 7) is 1.70. The highest BCUT2D eigenvalue weighted by Gasteiger charge is 2.31. The number of nitrogens with zero attached hydrogens (tertiary/aromatic N) is 3. The maximum atomic E-state index is 12.7. The summed E-state index contributed by atoms with van der Waals surface area (Å²) in [5.41, 5.74) is 2.26. The molecule has 2 aromatic carbocycles. The summed E-state index contributed by atoms with van der Waals surface area (Å²) >= 11 is 0. The highest BCUT2D eigenvalue weighted by molar-refractivity contribution is 5.91. The van der Waals surface area contributed by atoms with Crippen molar-refractivity contribution in [1.29, 1.82) is 0 Å². The van der Waals surface area contributed by atoms with E-state index in [-0.39, 0.29) is 24.2 Å². The Labute approximate surface area is 174 Å². The quantitative estimate of drug-likeness (QED) is 0.630. The van der Waals surface area contributed by atoms with Gasteiger partial charge in [-0.25, -0.2) is 9.67 Å². The number of carbonyl (C=O) groups is 2. The molecular formula is C22H23N5O3. The molecule has 0 aliphatic heterocycles. The maximum absolute atomic E-state index is 12.7. The molecule has 3 aromatic rings. The van der Waals surface area contributed by atoms with Crippen LogP contribution in [0.3, 0.4) is 0 Å². The summed E-state index contributed by atoms with van der Waals surface area (Å²) in [6.07, 6.45) is 2.12. The molecule has 1 saturated carbocycles. The molecule has 0 saturated heterocycles. The Morgan fingerprint density at radius 1 is 1.17 bits per heavy atom. The van der Waals surface area contributed by atoms with Gasteiger partial charge in [-0.1, -0.05) is 24.3 Å². The second-order valence-electron chi connectivity index (χ2n) is 7.21. The summed E-state index contributed by atoms with van der Waals surface area (Å²) in [6, 6.07) is 15.1. The Bertz CT molecular complexity index is 1070. The number of anilines is 1. The van der Waals surface area contributed by atoms with Crippen molar-refractivity contribution in [1.82, 2.24) is 20.1 Å². The molecule has 1 fully saturated rings. The van der Waals surface area contributed by atoms with Gasteiger partial charge in [-0.05, 0) is 42.7 Å². The van der Waals surface area contributed by atoms with Gasteiger partial charge in [-0.2, -0.15) is 0 Å². The van der Waals surface area contributed by atoms with Gasteiger partial charge in [0.2, 0.25) is 11.7 Å². The van der Waals surface area contributed by atoms with E-state index in [1.165, 1.54) is 14.0 Å². The van der Waals surface area contributed by atoms with Crippen LogP contribution in [-0.2, 0) is 11.3 Å². The van der Waals surface area contributed by atoms with Crippen LogP contribution in [0.15, 0.2) is 48.5 Å². The van der Waals surface area contributed by atoms with Gasteiger partial charge in [0.1, 0.15) is 11.6 Å². The van der Waals surface area contributed by atoms with Crippen molar-refractivity contribution in [2.75, 3.05) is 12.4 Å². The van der Waals surface area contributed by atoms with E-state index in [1.54, 1.807) is 16.8 Å². The average Bonchev–Trinajstić information content (AvgIpc) is 3.50. The minimum Gasteiger partial charge on any atom is -0.495 e. The number of benzene rings is 2. The molecule has 8 heteroatoms. The molecule has 154 valence electrons. The fourth-order valence-electron chi connectivity index (χ4n) is 3.20. The third-order valence-electron chi connectivity index (χ3n) is 4.81. The summed E-state index contributed by atoms with van der Waals surface area (Å²) < 4.78 is 7.02. The summed E-state index contributed by atoms with van der Waals surface area (Å²) in [5, 5.41) is 10.0. The molecule has 2 N–H and O–H groups in total. The van der Waals surface area contributed by atoms with Crippen molar-refractivity contribution in [3.8, 4) is 11.4 Å². The molecule has 0 bridgehead atoms. The van der Waals surface area contributed by atoms with Crippen LogP contribution in [-0.4, -0.2) is 33.7 Å². The minimum absolute atomic E-state index is 0.149. The molecule has 0 spiro atoms. The van der Waals surface area contributed by atoms with Gasteiger partial charge in [-0.15, -0.1) is 5.10 Å². The molecule has 1 aromatic heterocycles. The molecule has 4 rings (SSSR count). The third-order valence-corrected chi connectivity index (χ3v) is 4.81. The normalized spacial score (nSPS) is 13.0. The van der Waals surface area contributed by atoms with Crippen molar-refractivity contribution in [3.05, 3.63) is 65.7 Å². The summed E-state index contributed by atoms with van der Waals surface area (Å²) in [7, 11) is 1.54. The van der Waals surface area contributed by atoms with E-state index in [0.29, 0.717) is 17.4 Å². The third kappa shape index (κ3) is 4.32. The predicted molar refractivity (Wildman–Crippen MR) is 112 cm³/mol. The van der Waals surface area contributed by atoms with Gasteiger partial charge in [0.25, 0.3) is 5.91 Å². The van der Waals surface area contributed by atoms with Crippen molar-refractivity contribution < 1.29 is 14.3 Å². The van der Waals surface area contributed by atoms with Crippen molar-refractivity contribution in [3.63, 3.8) is 0 Å². The average molecular weight is 405 g/mol. The van der Waals surface area contributed by atoms with Gasteiger partial charge in [0.15, 0.2) is 0 Å². The summed E-state index contributed by atoms with van der Waals surface area (Å²) in [5.74, 6) is 1.33. The predicted octanol–water partition coefficient (Wildman–Crippen LogP) is 3.04. The van der Waals surface area contributed by atoms with Crippen LogP contribution < -0.4 is 15.4 Å². The topological polar surface area (TPSA) is 98.1 Å². The lowest BCUT2D eigenvalue weighted by Crippen LogP contribution is -2.24. The van der Waals surface area contributed by atoms with Gasteiger partial charge in [-0.3, -0.25) is 9.59 Å². The number of methoxy groups -OCH3 is 1. The number of aromatic nitrogens is 3. The molecule has 0 radical (unpaired) electrons. The van der Waals surface area contributed by atoms with Gasteiger partial charge in [0.05, 0.1) is 18.5 Å². The molecule has 8 nitrogen and oxygen atoms in total. The van der Waals surface area contributed by atoms with Gasteiger partial charge in [0, 0.05) is 19.4 Å². The zero-order valence-corrected chi connectivity index (χ0v) is 16.9. The largest absolute Gasteiger partial charge is 0.495 e. The van der Waals surface area contributed by atoms with Crippen molar-refractivity contribution in [2.24, 2.45) is 0 Å². The zero-order chi connectivity index (χ0) is 21.1. The number of hydrogen-bond acceptors (Lipinski definition) is 5. The first kappa shape index (κ1) is 19.6. The Morgan fingerprint density at radius 3 is 2.60 bits per heavy atom. The van der Waals surface area contributed by atoms with E-state index in [0.717, 1.165) is 29.9 Å². The fraction of sp³-hybridized carbons (Fsp3) is 0.273. The highest BCUT2D eigenvalue weighted by atomic mass is 16.5. The first-order valence-electron chi connectivity index (χ1n) is 9.80. The Balaban J connectivity index is 1.50. The number of amides is 2. The van der Waals surface area contributed by atoms with Crippen molar-refractivity contribution >= 4 is 17.5 Å². The number of carbonyl (C=O) groups excluding carboxylic acids is 2. The van der Waals surface area contributed by atoms with E-state index in [9.17, 15) is 9.59 Å². The van der Waals surface area contributed by atoms with E-state index < -0.39 is 0 Å². The standard InChI is InChI=1S/C22H23N5O3/c1-14(28)24-18-12-15(8-11-19(18)30-2)13-23-22(29)20-25-21(16-9-10-16)27(26-20)17-6-4-3-5-7-17/h3-8,11-12,16H,9-10,13H2,1-2H3,(H,23,29)(H,24,28). The monoisotopic (exact) mass is 405 g/mol. The smallest absolute Gasteiger partial charge is 0.291 e. The van der Waals surface area contributed by atoms with E-state index in [1.807, 2.05) is 36.4 Å². The zero-order valence-electron chi connectivity index (χ0n) is 16.9.